The highest BCUT2D eigenvalue weighted by Gasteiger charge is 2.33. The zero-order valence-electron chi connectivity index (χ0n) is 22.7. The van der Waals surface area contributed by atoms with E-state index in [2.05, 4.69) is 29.2 Å². The van der Waals surface area contributed by atoms with Crippen molar-refractivity contribution < 1.29 is 13.2 Å². The summed E-state index contributed by atoms with van der Waals surface area (Å²) >= 11 is 6.12. The molecular weight excluding hydrogens is 554 g/mol. The first kappa shape index (κ1) is 27.7. The fourth-order valence-corrected chi connectivity index (χ4v) is 7.62. The minimum Gasteiger partial charge on any atom is -0.308 e. The van der Waals surface area contributed by atoms with Gasteiger partial charge in [-0.25, -0.2) is 8.42 Å². The monoisotopic (exact) mass is 585 g/mol. The Balaban J connectivity index is 1.20. The van der Waals surface area contributed by atoms with Crippen LogP contribution < -0.4 is 4.90 Å². The van der Waals surface area contributed by atoms with Gasteiger partial charge in [0.1, 0.15) is 0 Å². The summed E-state index contributed by atoms with van der Waals surface area (Å²) in [6.45, 7) is 2.65. The number of hydrogen-bond acceptors (Lipinski definition) is 4. The first-order valence-corrected chi connectivity index (χ1v) is 15.8. The van der Waals surface area contributed by atoms with E-state index in [0.717, 1.165) is 24.1 Å². The number of piperazine rings is 1. The predicted octanol–water partition coefficient (Wildman–Crippen LogP) is 6.03. The van der Waals surface area contributed by atoms with E-state index in [1.165, 1.54) is 11.1 Å². The molecule has 2 heterocycles. The third kappa shape index (κ3) is 5.68. The smallest absolute Gasteiger partial charge is 0.258 e. The van der Waals surface area contributed by atoms with E-state index in [4.69, 9.17) is 11.6 Å². The van der Waals surface area contributed by atoms with E-state index in [1.54, 1.807) is 51.7 Å². The Labute approximate surface area is 246 Å². The summed E-state index contributed by atoms with van der Waals surface area (Å²) in [5.74, 6) is -0.133. The van der Waals surface area contributed by atoms with Gasteiger partial charge in [0.25, 0.3) is 5.91 Å². The van der Waals surface area contributed by atoms with Crippen LogP contribution in [0.2, 0.25) is 5.02 Å². The molecule has 0 bridgehead atoms. The maximum atomic E-state index is 13.8. The molecule has 2 aliphatic rings. The van der Waals surface area contributed by atoms with Crippen molar-refractivity contribution in [2.75, 3.05) is 37.6 Å². The third-order valence-corrected chi connectivity index (χ3v) is 10.1. The lowest BCUT2D eigenvalue weighted by Crippen LogP contribution is -2.49. The molecule has 6 rings (SSSR count). The molecule has 0 aliphatic carbocycles. The molecule has 0 spiro atoms. The quantitative estimate of drug-likeness (QED) is 0.277. The molecular formula is C33H32ClN3O3S. The normalized spacial score (nSPS) is 16.5. The first-order valence-electron chi connectivity index (χ1n) is 14.0. The number of anilines is 1. The van der Waals surface area contributed by atoms with Crippen LogP contribution in [0.4, 0.5) is 5.69 Å². The fraction of sp³-hybridized carbons (Fsp3) is 0.242. The van der Waals surface area contributed by atoms with Crippen LogP contribution in [0.5, 0.6) is 0 Å². The van der Waals surface area contributed by atoms with Gasteiger partial charge in [0, 0.05) is 49.0 Å². The standard InChI is InChI=1S/C33H32ClN3O3S/c34-29-15-7-13-28(23-29)33(38)37-18-8-14-27-24-30(16-17-31(27)37)41(39,40)36-21-19-35(20-22-36)32(25-9-3-1-4-10-25)26-11-5-2-6-12-26/h1-7,9-13,15-17,23-24,32H,8,14,18-22H2. The van der Waals surface area contributed by atoms with Crippen LogP contribution in [-0.2, 0) is 16.4 Å². The molecule has 8 heteroatoms. The first-order chi connectivity index (χ1) is 19.9. The lowest BCUT2D eigenvalue weighted by molar-refractivity contribution is 0.0985. The number of aryl methyl sites for hydroxylation is 1. The van der Waals surface area contributed by atoms with Gasteiger partial charge in [-0.1, -0.05) is 78.3 Å². The zero-order valence-corrected chi connectivity index (χ0v) is 24.3. The van der Waals surface area contributed by atoms with Gasteiger partial charge in [-0.05, 0) is 65.9 Å². The van der Waals surface area contributed by atoms with Crippen molar-refractivity contribution in [2.24, 2.45) is 0 Å². The van der Waals surface area contributed by atoms with E-state index >= 15 is 0 Å². The Morgan fingerprint density at radius 3 is 2.02 bits per heavy atom. The number of benzene rings is 4. The van der Waals surface area contributed by atoms with Gasteiger partial charge in [-0.2, -0.15) is 4.31 Å². The van der Waals surface area contributed by atoms with Gasteiger partial charge in [-0.3, -0.25) is 9.69 Å². The van der Waals surface area contributed by atoms with Gasteiger partial charge >= 0.3 is 0 Å². The topological polar surface area (TPSA) is 60.9 Å². The highest BCUT2D eigenvalue weighted by molar-refractivity contribution is 7.89. The van der Waals surface area contributed by atoms with Crippen molar-refractivity contribution >= 4 is 33.2 Å². The second-order valence-electron chi connectivity index (χ2n) is 10.5. The summed E-state index contributed by atoms with van der Waals surface area (Å²) in [6, 6.07) is 32.9. The van der Waals surface area contributed by atoms with E-state index in [-0.39, 0.29) is 16.8 Å². The van der Waals surface area contributed by atoms with Crippen molar-refractivity contribution in [2.45, 2.75) is 23.8 Å². The van der Waals surface area contributed by atoms with Crippen LogP contribution >= 0.6 is 11.6 Å². The molecule has 0 aromatic heterocycles. The minimum absolute atomic E-state index is 0.0639. The number of hydrogen-bond donors (Lipinski definition) is 0. The maximum absolute atomic E-state index is 13.8. The molecule has 2 aliphatic heterocycles. The molecule has 1 fully saturated rings. The Morgan fingerprint density at radius 1 is 0.732 bits per heavy atom. The molecule has 41 heavy (non-hydrogen) atoms. The number of nitrogens with zero attached hydrogens (tertiary/aromatic N) is 3. The summed E-state index contributed by atoms with van der Waals surface area (Å²) in [5.41, 5.74) is 4.55. The second-order valence-corrected chi connectivity index (χ2v) is 12.9. The molecule has 0 radical (unpaired) electrons. The van der Waals surface area contributed by atoms with E-state index < -0.39 is 10.0 Å². The number of carbonyl (C=O) groups is 1. The molecule has 4 aromatic rings. The van der Waals surface area contributed by atoms with Crippen LogP contribution in [0.1, 0.15) is 39.5 Å². The molecule has 6 nitrogen and oxygen atoms in total. The van der Waals surface area contributed by atoms with Gasteiger partial charge in [0.15, 0.2) is 0 Å². The largest absolute Gasteiger partial charge is 0.308 e. The molecule has 4 aromatic carbocycles. The Morgan fingerprint density at radius 2 is 1.39 bits per heavy atom. The van der Waals surface area contributed by atoms with Crippen molar-refractivity contribution in [3.05, 3.63) is 130 Å². The third-order valence-electron chi connectivity index (χ3n) is 7.99. The lowest BCUT2D eigenvalue weighted by Gasteiger charge is -2.39. The van der Waals surface area contributed by atoms with Gasteiger partial charge in [0.2, 0.25) is 10.0 Å². The van der Waals surface area contributed by atoms with E-state index in [9.17, 15) is 13.2 Å². The molecule has 0 N–H and O–H groups in total. The summed E-state index contributed by atoms with van der Waals surface area (Å²) in [4.78, 5) is 17.6. The zero-order chi connectivity index (χ0) is 28.4. The molecule has 0 unspecified atom stereocenters. The molecule has 1 saturated heterocycles. The highest BCUT2D eigenvalue weighted by atomic mass is 35.5. The number of halogens is 1. The average molecular weight is 586 g/mol. The van der Waals surface area contributed by atoms with Gasteiger partial charge < -0.3 is 4.90 Å². The average Bonchev–Trinajstić information content (AvgIpc) is 3.01. The van der Waals surface area contributed by atoms with Crippen LogP contribution in [-0.4, -0.2) is 56.3 Å². The number of amides is 1. The van der Waals surface area contributed by atoms with Crippen molar-refractivity contribution in [1.29, 1.82) is 0 Å². The second kappa shape index (κ2) is 11.8. The predicted molar refractivity (Wildman–Crippen MR) is 163 cm³/mol. The summed E-state index contributed by atoms with van der Waals surface area (Å²) < 4.78 is 29.1. The summed E-state index contributed by atoms with van der Waals surface area (Å²) in [5, 5.41) is 0.508. The number of rotatable bonds is 6. The Bertz CT molecular complexity index is 1600. The Kier molecular flexibility index (Phi) is 7.95. The SMILES string of the molecule is O=C(c1cccc(Cl)c1)N1CCCc2cc(S(=O)(=O)N3CCN(C(c4ccccc4)c4ccccc4)CC3)ccc21. The molecule has 0 atom stereocenters. The van der Waals surface area contributed by atoms with Crippen LogP contribution in [0.25, 0.3) is 0 Å². The number of sulfonamides is 1. The number of fused-ring (bicyclic) bond motifs is 1. The fourth-order valence-electron chi connectivity index (χ4n) is 5.96. The Hall–Kier alpha value is -3.49. The van der Waals surface area contributed by atoms with Crippen molar-refractivity contribution in [3.63, 3.8) is 0 Å². The summed E-state index contributed by atoms with van der Waals surface area (Å²) in [7, 11) is -3.68. The summed E-state index contributed by atoms with van der Waals surface area (Å²) in [6.07, 6.45) is 1.49. The lowest BCUT2D eigenvalue weighted by atomic mass is 9.96. The molecule has 210 valence electrons. The highest BCUT2D eigenvalue weighted by Crippen LogP contribution is 2.33. The van der Waals surface area contributed by atoms with Crippen molar-refractivity contribution in [1.82, 2.24) is 9.21 Å². The molecule has 0 saturated carbocycles. The van der Waals surface area contributed by atoms with Crippen LogP contribution in [0.15, 0.2) is 108 Å². The number of carbonyl (C=O) groups excluding carboxylic acids is 1. The van der Waals surface area contributed by atoms with E-state index in [1.807, 2.05) is 36.4 Å². The molecule has 1 amide bonds. The van der Waals surface area contributed by atoms with Crippen molar-refractivity contribution in [3.8, 4) is 0 Å². The van der Waals surface area contributed by atoms with Gasteiger partial charge in [0.05, 0.1) is 10.9 Å². The van der Waals surface area contributed by atoms with Crippen LogP contribution in [0.3, 0.4) is 0 Å². The van der Waals surface area contributed by atoms with Gasteiger partial charge in [-0.15, -0.1) is 0 Å². The van der Waals surface area contributed by atoms with E-state index in [0.29, 0.717) is 43.3 Å². The van der Waals surface area contributed by atoms with Crippen LogP contribution in [0, 0.1) is 0 Å². The minimum atomic E-state index is -3.68. The maximum Gasteiger partial charge on any atom is 0.258 e.